The molecule has 25 heavy (non-hydrogen) atoms. The third-order valence-corrected chi connectivity index (χ3v) is 4.21. The Hall–Kier alpha value is -3.28. The number of fused-ring (bicyclic) bond motifs is 3. The van der Waals surface area contributed by atoms with Crippen LogP contribution >= 0.6 is 0 Å². The molecule has 0 spiro atoms. The van der Waals surface area contributed by atoms with Gasteiger partial charge in [0.2, 0.25) is 5.95 Å². The Labute approximate surface area is 144 Å². The highest BCUT2D eigenvalue weighted by molar-refractivity contribution is 5.92. The summed E-state index contributed by atoms with van der Waals surface area (Å²) in [5, 5.41) is 12.3. The van der Waals surface area contributed by atoms with E-state index in [-0.39, 0.29) is 11.7 Å². The Kier molecular flexibility index (Phi) is 3.65. The lowest BCUT2D eigenvalue weighted by molar-refractivity contribution is -0.132. The molecule has 3 aromatic rings. The van der Waals surface area contributed by atoms with E-state index >= 15 is 0 Å². The van der Waals surface area contributed by atoms with E-state index in [0.29, 0.717) is 12.6 Å². The van der Waals surface area contributed by atoms with E-state index in [1.54, 1.807) is 6.08 Å². The van der Waals surface area contributed by atoms with Crippen LogP contribution in [0.15, 0.2) is 60.3 Å². The van der Waals surface area contributed by atoms with E-state index in [1.165, 1.54) is 0 Å². The van der Waals surface area contributed by atoms with Crippen molar-refractivity contribution in [3.05, 3.63) is 65.9 Å². The molecule has 6 heteroatoms. The molecule has 0 bridgehead atoms. The van der Waals surface area contributed by atoms with Crippen molar-refractivity contribution in [3.8, 4) is 5.75 Å². The number of nitrogens with one attached hydrogen (secondary N) is 1. The number of anilines is 1. The summed E-state index contributed by atoms with van der Waals surface area (Å²) in [6, 6.07) is 15.2. The number of rotatable bonds is 4. The fraction of sp³-hybridized carbons (Fsp3) is 0.158. The molecule has 2 aromatic carbocycles. The van der Waals surface area contributed by atoms with Gasteiger partial charge in [-0.3, -0.25) is 4.57 Å². The van der Waals surface area contributed by atoms with Crippen molar-refractivity contribution in [2.75, 3.05) is 11.9 Å². The van der Waals surface area contributed by atoms with E-state index in [4.69, 9.17) is 4.74 Å². The van der Waals surface area contributed by atoms with Gasteiger partial charge in [-0.15, -0.1) is 0 Å². The third kappa shape index (κ3) is 2.61. The SMILES string of the molecule is CCOc1ccc(C2C=C(C(=O)O)Nc3nc4ccccc4n32)cc1. The van der Waals surface area contributed by atoms with Crippen LogP contribution in [0.25, 0.3) is 11.0 Å². The monoisotopic (exact) mass is 335 g/mol. The molecule has 1 aromatic heterocycles. The Balaban J connectivity index is 1.86. The number of allylic oxidation sites excluding steroid dienone is 1. The van der Waals surface area contributed by atoms with Gasteiger partial charge in [-0.2, -0.15) is 0 Å². The van der Waals surface area contributed by atoms with Gasteiger partial charge in [-0.25, -0.2) is 9.78 Å². The molecule has 0 saturated heterocycles. The number of hydrogen-bond donors (Lipinski definition) is 2. The summed E-state index contributed by atoms with van der Waals surface area (Å²) in [6.45, 7) is 2.54. The first-order valence-electron chi connectivity index (χ1n) is 8.09. The van der Waals surface area contributed by atoms with Crippen LogP contribution in [0.5, 0.6) is 5.75 Å². The first kappa shape index (κ1) is 15.3. The molecule has 1 atom stereocenters. The second-order valence-electron chi connectivity index (χ2n) is 5.75. The molecule has 0 aliphatic carbocycles. The van der Waals surface area contributed by atoms with Crippen LogP contribution in [0.4, 0.5) is 5.95 Å². The number of benzene rings is 2. The predicted octanol–water partition coefficient (Wildman–Crippen LogP) is 3.42. The van der Waals surface area contributed by atoms with E-state index in [1.807, 2.05) is 60.0 Å². The Morgan fingerprint density at radius 3 is 2.72 bits per heavy atom. The molecule has 0 saturated carbocycles. The summed E-state index contributed by atoms with van der Waals surface area (Å²) >= 11 is 0. The summed E-state index contributed by atoms with van der Waals surface area (Å²) in [7, 11) is 0. The quantitative estimate of drug-likeness (QED) is 0.764. The van der Waals surface area contributed by atoms with Gasteiger partial charge < -0.3 is 15.2 Å². The lowest BCUT2D eigenvalue weighted by atomic mass is 10.0. The topological polar surface area (TPSA) is 76.4 Å². The molecule has 2 N–H and O–H groups in total. The van der Waals surface area contributed by atoms with E-state index in [2.05, 4.69) is 10.3 Å². The van der Waals surface area contributed by atoms with E-state index in [9.17, 15) is 9.90 Å². The Bertz CT molecular complexity index is 973. The van der Waals surface area contributed by atoms with Gasteiger partial charge >= 0.3 is 5.97 Å². The maximum atomic E-state index is 11.5. The smallest absolute Gasteiger partial charge is 0.352 e. The summed E-state index contributed by atoms with van der Waals surface area (Å²) < 4.78 is 7.50. The van der Waals surface area contributed by atoms with Crippen molar-refractivity contribution in [3.63, 3.8) is 0 Å². The number of aromatic nitrogens is 2. The first-order chi connectivity index (χ1) is 12.2. The minimum absolute atomic E-state index is 0.127. The van der Waals surface area contributed by atoms with Crippen molar-refractivity contribution in [2.45, 2.75) is 13.0 Å². The second kappa shape index (κ2) is 5.98. The number of carboxylic acid groups (broad SMARTS) is 1. The zero-order chi connectivity index (χ0) is 17.4. The number of carbonyl (C=O) groups is 1. The number of ether oxygens (including phenoxy) is 1. The molecular formula is C19H17N3O3. The molecule has 2 heterocycles. The number of carboxylic acids is 1. The number of para-hydroxylation sites is 2. The van der Waals surface area contributed by atoms with Crippen LogP contribution in [0.3, 0.4) is 0 Å². The predicted molar refractivity (Wildman–Crippen MR) is 94.8 cm³/mol. The van der Waals surface area contributed by atoms with Crippen LogP contribution in [0.1, 0.15) is 18.5 Å². The summed E-state index contributed by atoms with van der Waals surface area (Å²) in [4.78, 5) is 16.0. The van der Waals surface area contributed by atoms with E-state index in [0.717, 1.165) is 22.3 Å². The number of hydrogen-bond acceptors (Lipinski definition) is 4. The molecule has 6 nitrogen and oxygen atoms in total. The van der Waals surface area contributed by atoms with Crippen molar-refractivity contribution < 1.29 is 14.6 Å². The van der Waals surface area contributed by atoms with Crippen LogP contribution in [-0.4, -0.2) is 27.2 Å². The van der Waals surface area contributed by atoms with Crippen LogP contribution in [-0.2, 0) is 4.79 Å². The molecule has 0 amide bonds. The van der Waals surface area contributed by atoms with Gasteiger partial charge in [-0.05, 0) is 42.8 Å². The molecule has 4 rings (SSSR count). The molecule has 0 fully saturated rings. The summed E-state index contributed by atoms with van der Waals surface area (Å²) in [6.07, 6.45) is 1.71. The highest BCUT2D eigenvalue weighted by atomic mass is 16.5. The fourth-order valence-electron chi connectivity index (χ4n) is 3.11. The molecular weight excluding hydrogens is 318 g/mol. The third-order valence-electron chi connectivity index (χ3n) is 4.21. The van der Waals surface area contributed by atoms with Crippen molar-refractivity contribution in [1.29, 1.82) is 0 Å². The van der Waals surface area contributed by atoms with E-state index < -0.39 is 5.97 Å². The second-order valence-corrected chi connectivity index (χ2v) is 5.75. The molecule has 1 aliphatic rings. The minimum Gasteiger partial charge on any atom is -0.494 e. The van der Waals surface area contributed by atoms with Gasteiger partial charge in [-0.1, -0.05) is 24.3 Å². The summed E-state index contributed by atoms with van der Waals surface area (Å²) in [5.74, 6) is 0.313. The Morgan fingerprint density at radius 2 is 2.00 bits per heavy atom. The fourth-order valence-corrected chi connectivity index (χ4v) is 3.11. The Morgan fingerprint density at radius 1 is 1.24 bits per heavy atom. The largest absolute Gasteiger partial charge is 0.494 e. The van der Waals surface area contributed by atoms with Gasteiger partial charge in [0, 0.05) is 0 Å². The van der Waals surface area contributed by atoms with Crippen molar-refractivity contribution >= 4 is 23.0 Å². The van der Waals surface area contributed by atoms with Crippen LogP contribution in [0, 0.1) is 0 Å². The van der Waals surface area contributed by atoms with Gasteiger partial charge in [0.25, 0.3) is 0 Å². The molecule has 0 radical (unpaired) electrons. The van der Waals surface area contributed by atoms with Gasteiger partial charge in [0.05, 0.1) is 23.7 Å². The number of aliphatic carboxylic acids is 1. The maximum absolute atomic E-state index is 11.5. The van der Waals surface area contributed by atoms with Crippen molar-refractivity contribution in [2.24, 2.45) is 0 Å². The zero-order valence-electron chi connectivity index (χ0n) is 13.6. The first-order valence-corrected chi connectivity index (χ1v) is 8.09. The standard InChI is InChI=1S/C19H17N3O3/c1-2-25-13-9-7-12(8-10-13)17-11-15(18(23)24)21-19-20-14-5-3-4-6-16(14)22(17)19/h3-11,17H,2H2,1H3,(H,20,21)(H,23,24). The summed E-state index contributed by atoms with van der Waals surface area (Å²) in [5.41, 5.74) is 2.86. The normalized spacial score (nSPS) is 16.0. The average Bonchev–Trinajstić information content (AvgIpc) is 3.00. The maximum Gasteiger partial charge on any atom is 0.352 e. The zero-order valence-corrected chi connectivity index (χ0v) is 13.6. The molecule has 126 valence electrons. The minimum atomic E-state index is -1.01. The molecule has 1 aliphatic heterocycles. The van der Waals surface area contributed by atoms with Crippen molar-refractivity contribution in [1.82, 2.24) is 9.55 Å². The lowest BCUT2D eigenvalue weighted by Gasteiger charge is -2.25. The highest BCUT2D eigenvalue weighted by Crippen LogP contribution is 2.34. The average molecular weight is 335 g/mol. The number of nitrogens with zero attached hydrogens (tertiary/aromatic N) is 2. The highest BCUT2D eigenvalue weighted by Gasteiger charge is 2.27. The van der Waals surface area contributed by atoms with Gasteiger partial charge in [0.15, 0.2) is 0 Å². The number of imidazole rings is 1. The van der Waals surface area contributed by atoms with Crippen LogP contribution < -0.4 is 10.1 Å². The lowest BCUT2D eigenvalue weighted by Crippen LogP contribution is -2.23. The van der Waals surface area contributed by atoms with Gasteiger partial charge in [0.1, 0.15) is 11.4 Å². The molecule has 1 unspecified atom stereocenters. The van der Waals surface area contributed by atoms with Crippen LogP contribution in [0.2, 0.25) is 0 Å².